The smallest absolute Gasteiger partial charge is 0.420 e. The summed E-state index contributed by atoms with van der Waals surface area (Å²) in [5.41, 5.74) is -0.168. The van der Waals surface area contributed by atoms with Crippen molar-refractivity contribution < 1.29 is 27.5 Å². The predicted molar refractivity (Wildman–Crippen MR) is 73.6 cm³/mol. The predicted octanol–water partition coefficient (Wildman–Crippen LogP) is 3.55. The number of halogens is 3. The van der Waals surface area contributed by atoms with Gasteiger partial charge in [0.1, 0.15) is 12.2 Å². The van der Waals surface area contributed by atoms with E-state index in [9.17, 15) is 13.2 Å². The van der Waals surface area contributed by atoms with Crippen molar-refractivity contribution >= 4 is 0 Å². The monoisotopic (exact) mass is 313 g/mol. The maximum atomic E-state index is 12.9. The zero-order valence-corrected chi connectivity index (χ0v) is 11.7. The Morgan fingerprint density at radius 2 is 1.68 bits per heavy atom. The Labute approximate surface area is 125 Å². The number of nitrogens with two attached hydrogens (primary N) is 1. The minimum absolute atomic E-state index is 0.0518. The molecule has 0 aliphatic rings. The summed E-state index contributed by atoms with van der Waals surface area (Å²) < 4.78 is 49.2. The van der Waals surface area contributed by atoms with Crippen LogP contribution in [0.3, 0.4) is 0 Å². The SMILES string of the molecule is COc1cc(C(F)(F)F)c(ON)cc1OCc1ccccc1. The molecule has 0 saturated heterocycles. The average molecular weight is 313 g/mol. The van der Waals surface area contributed by atoms with Crippen molar-refractivity contribution in [1.29, 1.82) is 0 Å². The van der Waals surface area contributed by atoms with Gasteiger partial charge in [0.25, 0.3) is 0 Å². The molecule has 0 aromatic heterocycles. The molecule has 2 rings (SSSR count). The first kappa shape index (κ1) is 16.0. The number of benzene rings is 2. The van der Waals surface area contributed by atoms with Gasteiger partial charge in [-0.2, -0.15) is 19.1 Å². The lowest BCUT2D eigenvalue weighted by molar-refractivity contribution is -0.139. The van der Waals surface area contributed by atoms with Crippen molar-refractivity contribution in [2.24, 2.45) is 5.90 Å². The molecule has 0 atom stereocenters. The summed E-state index contributed by atoms with van der Waals surface area (Å²) in [6, 6.07) is 11.0. The molecule has 0 bridgehead atoms. The summed E-state index contributed by atoms with van der Waals surface area (Å²) in [4.78, 5) is 4.31. The first-order chi connectivity index (χ1) is 10.5. The fraction of sp³-hybridized carbons (Fsp3) is 0.200. The third-order valence-electron chi connectivity index (χ3n) is 2.94. The van der Waals surface area contributed by atoms with E-state index in [1.54, 1.807) is 0 Å². The maximum Gasteiger partial charge on any atom is 0.420 e. The van der Waals surface area contributed by atoms with E-state index in [0.29, 0.717) is 0 Å². The van der Waals surface area contributed by atoms with Crippen molar-refractivity contribution in [3.8, 4) is 17.2 Å². The highest BCUT2D eigenvalue weighted by Crippen LogP contribution is 2.42. The van der Waals surface area contributed by atoms with Crippen molar-refractivity contribution in [2.45, 2.75) is 12.8 Å². The second-order valence-corrected chi connectivity index (χ2v) is 4.39. The standard InChI is InChI=1S/C15H14F3NO3/c1-20-13-7-11(15(16,17)18)12(22-19)8-14(13)21-9-10-5-3-2-4-6-10/h2-8H,9,19H2,1H3. The van der Waals surface area contributed by atoms with Crippen LogP contribution in [0.15, 0.2) is 42.5 Å². The van der Waals surface area contributed by atoms with E-state index < -0.39 is 17.5 Å². The van der Waals surface area contributed by atoms with Crippen LogP contribution in [0, 0.1) is 0 Å². The summed E-state index contributed by atoms with van der Waals surface area (Å²) in [5.74, 6) is 4.45. The van der Waals surface area contributed by atoms with Crippen molar-refractivity contribution in [1.82, 2.24) is 0 Å². The molecule has 2 aromatic carbocycles. The van der Waals surface area contributed by atoms with Crippen LogP contribution in [0.5, 0.6) is 17.2 Å². The minimum Gasteiger partial charge on any atom is -0.493 e. The molecule has 0 heterocycles. The van der Waals surface area contributed by atoms with E-state index in [1.165, 1.54) is 7.11 Å². The largest absolute Gasteiger partial charge is 0.493 e. The molecule has 0 unspecified atom stereocenters. The minimum atomic E-state index is -4.61. The molecule has 0 radical (unpaired) electrons. The Bertz CT molecular complexity index is 630. The molecule has 0 spiro atoms. The van der Waals surface area contributed by atoms with Gasteiger partial charge in [0, 0.05) is 12.1 Å². The third-order valence-corrected chi connectivity index (χ3v) is 2.94. The lowest BCUT2D eigenvalue weighted by Gasteiger charge is -2.16. The fourth-order valence-corrected chi connectivity index (χ4v) is 1.87. The van der Waals surface area contributed by atoms with Crippen LogP contribution in [0.2, 0.25) is 0 Å². The average Bonchev–Trinajstić information content (AvgIpc) is 2.52. The number of hydrogen-bond donors (Lipinski definition) is 1. The quantitative estimate of drug-likeness (QED) is 0.858. The molecule has 4 nitrogen and oxygen atoms in total. The van der Waals surface area contributed by atoms with E-state index in [0.717, 1.165) is 17.7 Å². The Kier molecular flexibility index (Phi) is 4.77. The molecular formula is C15H14F3NO3. The topological polar surface area (TPSA) is 53.7 Å². The molecule has 7 heteroatoms. The number of alkyl halides is 3. The van der Waals surface area contributed by atoms with Gasteiger partial charge in [-0.1, -0.05) is 30.3 Å². The second-order valence-electron chi connectivity index (χ2n) is 4.39. The van der Waals surface area contributed by atoms with E-state index in [1.807, 2.05) is 30.3 Å². The van der Waals surface area contributed by atoms with Gasteiger partial charge in [0.15, 0.2) is 17.2 Å². The highest BCUT2D eigenvalue weighted by Gasteiger charge is 2.36. The first-order valence-corrected chi connectivity index (χ1v) is 6.28. The van der Waals surface area contributed by atoms with Gasteiger partial charge in [0.05, 0.1) is 7.11 Å². The Morgan fingerprint density at radius 3 is 2.23 bits per heavy atom. The first-order valence-electron chi connectivity index (χ1n) is 6.28. The van der Waals surface area contributed by atoms with Crippen LogP contribution in [-0.4, -0.2) is 7.11 Å². The molecule has 0 aliphatic heterocycles. The van der Waals surface area contributed by atoms with Gasteiger partial charge in [-0.15, -0.1) is 0 Å². The zero-order valence-electron chi connectivity index (χ0n) is 11.7. The van der Waals surface area contributed by atoms with Crippen molar-refractivity contribution in [2.75, 3.05) is 7.11 Å². The molecule has 0 aliphatic carbocycles. The van der Waals surface area contributed by atoms with Gasteiger partial charge >= 0.3 is 6.18 Å². The summed E-state index contributed by atoms with van der Waals surface area (Å²) in [5, 5.41) is 0. The third kappa shape index (κ3) is 3.62. The van der Waals surface area contributed by atoms with Crippen LogP contribution in [0.1, 0.15) is 11.1 Å². The molecule has 2 aromatic rings. The molecule has 0 fully saturated rings. The van der Waals surface area contributed by atoms with Crippen molar-refractivity contribution in [3.05, 3.63) is 53.6 Å². The Hall–Kier alpha value is -2.41. The lowest BCUT2D eigenvalue weighted by atomic mass is 10.1. The lowest BCUT2D eigenvalue weighted by Crippen LogP contribution is -2.13. The van der Waals surface area contributed by atoms with Gasteiger partial charge in [-0.25, -0.2) is 0 Å². The summed E-state index contributed by atoms with van der Waals surface area (Å²) in [7, 11) is 1.26. The Balaban J connectivity index is 2.31. The molecule has 118 valence electrons. The molecule has 22 heavy (non-hydrogen) atoms. The number of rotatable bonds is 5. The molecule has 2 N–H and O–H groups in total. The number of hydrogen-bond acceptors (Lipinski definition) is 4. The van der Waals surface area contributed by atoms with Gasteiger partial charge in [0.2, 0.25) is 0 Å². The number of methoxy groups -OCH3 is 1. The van der Waals surface area contributed by atoms with Crippen LogP contribution < -0.4 is 20.2 Å². The van der Waals surface area contributed by atoms with Gasteiger partial charge in [-0.05, 0) is 5.56 Å². The second kappa shape index (κ2) is 6.57. The van der Waals surface area contributed by atoms with Gasteiger partial charge < -0.3 is 14.3 Å². The highest BCUT2D eigenvalue weighted by atomic mass is 19.4. The molecule has 0 saturated carbocycles. The highest BCUT2D eigenvalue weighted by molar-refractivity contribution is 5.51. The van der Waals surface area contributed by atoms with Crippen LogP contribution in [0.4, 0.5) is 13.2 Å². The summed E-state index contributed by atoms with van der Waals surface area (Å²) in [6.07, 6.45) is -4.61. The van der Waals surface area contributed by atoms with E-state index in [-0.39, 0.29) is 18.1 Å². The van der Waals surface area contributed by atoms with Crippen LogP contribution >= 0.6 is 0 Å². The maximum absolute atomic E-state index is 12.9. The summed E-state index contributed by atoms with van der Waals surface area (Å²) in [6.45, 7) is 0.173. The Morgan fingerprint density at radius 1 is 1.00 bits per heavy atom. The molecule has 0 amide bonds. The van der Waals surface area contributed by atoms with Crippen LogP contribution in [0.25, 0.3) is 0 Å². The fourth-order valence-electron chi connectivity index (χ4n) is 1.87. The summed E-state index contributed by atoms with van der Waals surface area (Å²) >= 11 is 0. The van der Waals surface area contributed by atoms with E-state index >= 15 is 0 Å². The normalized spacial score (nSPS) is 11.1. The van der Waals surface area contributed by atoms with Crippen molar-refractivity contribution in [3.63, 3.8) is 0 Å². The van der Waals surface area contributed by atoms with Crippen LogP contribution in [-0.2, 0) is 12.8 Å². The van der Waals surface area contributed by atoms with Gasteiger partial charge in [-0.3, -0.25) is 0 Å². The number of ether oxygens (including phenoxy) is 2. The molecular weight excluding hydrogens is 299 g/mol. The van der Waals surface area contributed by atoms with E-state index in [2.05, 4.69) is 4.84 Å². The zero-order chi connectivity index (χ0) is 16.2. The van der Waals surface area contributed by atoms with E-state index in [4.69, 9.17) is 15.4 Å².